The van der Waals surface area contributed by atoms with E-state index in [1.165, 1.54) is 10.9 Å². The van der Waals surface area contributed by atoms with Gasteiger partial charge in [0.05, 0.1) is 6.33 Å². The lowest BCUT2D eigenvalue weighted by molar-refractivity contribution is -0.137. The van der Waals surface area contributed by atoms with Gasteiger partial charge in [-0.25, -0.2) is 4.98 Å². The number of anilines is 1. The maximum absolute atomic E-state index is 12.2. The Morgan fingerprint density at radius 1 is 1.40 bits per heavy atom. The SMILES string of the molecule is [3H]C([3H])([3H])NC(=O)[C@H]1O[C@@H](n2cnc3c(NCc4cccc(I)c4)nc(Cl)nc32)[C@H](O)[C@@H]1O. The van der Waals surface area contributed by atoms with Crippen molar-refractivity contribution < 1.29 is 23.9 Å². The van der Waals surface area contributed by atoms with Crippen molar-refractivity contribution in [2.24, 2.45) is 0 Å². The van der Waals surface area contributed by atoms with E-state index in [9.17, 15) is 15.0 Å². The lowest BCUT2D eigenvalue weighted by Crippen LogP contribution is -2.41. The van der Waals surface area contributed by atoms with Gasteiger partial charge < -0.3 is 25.6 Å². The van der Waals surface area contributed by atoms with Crippen LogP contribution in [-0.2, 0) is 16.1 Å². The Balaban J connectivity index is 1.60. The molecule has 1 aliphatic heterocycles. The first-order chi connectivity index (χ1) is 15.5. The third-order valence-corrected chi connectivity index (χ3v) is 5.48. The average Bonchev–Trinajstić information content (AvgIpc) is 3.26. The molecule has 3 heterocycles. The maximum Gasteiger partial charge on any atom is 0.251 e. The average molecular weight is 551 g/mol. The molecule has 1 amide bonds. The molecule has 4 rings (SSSR count). The van der Waals surface area contributed by atoms with Crippen LogP contribution in [0.1, 0.15) is 15.9 Å². The van der Waals surface area contributed by atoms with Crippen LogP contribution in [0.15, 0.2) is 30.6 Å². The fourth-order valence-corrected chi connectivity index (χ4v) is 3.98. The zero-order valence-corrected chi connectivity index (χ0v) is 18.1. The number of rotatable bonds is 5. The summed E-state index contributed by atoms with van der Waals surface area (Å²) in [5, 5.41) is 25.6. The largest absolute Gasteiger partial charge is 0.387 e. The van der Waals surface area contributed by atoms with E-state index in [1.807, 2.05) is 24.3 Å². The molecule has 0 unspecified atom stereocenters. The summed E-state index contributed by atoms with van der Waals surface area (Å²) >= 11 is 8.31. The van der Waals surface area contributed by atoms with Crippen LogP contribution < -0.4 is 10.6 Å². The molecule has 1 saturated heterocycles. The maximum atomic E-state index is 12.2. The van der Waals surface area contributed by atoms with Crippen LogP contribution in [0.4, 0.5) is 5.82 Å². The molecule has 4 N–H and O–H groups in total. The highest BCUT2D eigenvalue weighted by Gasteiger charge is 2.47. The Bertz CT molecular complexity index is 1200. The van der Waals surface area contributed by atoms with E-state index in [2.05, 4.69) is 42.9 Å². The lowest BCUT2D eigenvalue weighted by Gasteiger charge is -2.16. The van der Waals surface area contributed by atoms with E-state index < -0.39 is 37.4 Å². The fourth-order valence-electron chi connectivity index (χ4n) is 3.21. The van der Waals surface area contributed by atoms with Gasteiger partial charge in [-0.2, -0.15) is 9.97 Å². The molecule has 0 aliphatic carbocycles. The molecular weight excluding hydrogens is 527 g/mol. The first-order valence-electron chi connectivity index (χ1n) is 10.3. The van der Waals surface area contributed by atoms with Crippen molar-refractivity contribution in [1.82, 2.24) is 24.8 Å². The number of aliphatic hydroxyl groups is 2. The fraction of sp³-hybridized carbons (Fsp3) is 0.333. The number of carbonyl (C=O) groups is 1. The lowest BCUT2D eigenvalue weighted by atomic mass is 10.1. The first-order valence-corrected chi connectivity index (χ1v) is 10.2. The predicted octanol–water partition coefficient (Wildman–Crippen LogP) is 1.06. The number of benzene rings is 1. The Morgan fingerprint density at radius 2 is 2.23 bits per heavy atom. The van der Waals surface area contributed by atoms with Gasteiger partial charge in [-0.05, 0) is 51.9 Å². The smallest absolute Gasteiger partial charge is 0.251 e. The normalized spacial score (nSPS) is 25.5. The van der Waals surface area contributed by atoms with Gasteiger partial charge in [-0.15, -0.1) is 0 Å². The van der Waals surface area contributed by atoms with Crippen LogP contribution >= 0.6 is 34.2 Å². The summed E-state index contributed by atoms with van der Waals surface area (Å²) < 4.78 is 29.3. The second-order valence-electron chi connectivity index (χ2n) is 6.57. The van der Waals surface area contributed by atoms with Crippen molar-refractivity contribution in [2.45, 2.75) is 31.1 Å². The molecule has 1 fully saturated rings. The van der Waals surface area contributed by atoms with E-state index >= 15 is 0 Å². The number of ether oxygens (including phenoxy) is 1. The van der Waals surface area contributed by atoms with Crippen LogP contribution in [0, 0.1) is 3.57 Å². The molecule has 1 aromatic carbocycles. The molecule has 0 radical (unpaired) electrons. The Kier molecular flexibility index (Phi) is 5.04. The molecular formula is C18H18ClIN6O4. The minimum absolute atomic E-state index is 0.0980. The number of amides is 1. The zero-order chi connectivity index (χ0) is 23.9. The third-order valence-electron chi connectivity index (χ3n) is 4.64. The summed E-state index contributed by atoms with van der Waals surface area (Å²) in [6, 6.07) is 7.85. The number of imidazole rings is 1. The number of carbonyl (C=O) groups excluding carboxylic acids is 1. The monoisotopic (exact) mass is 550 g/mol. The van der Waals surface area contributed by atoms with Crippen molar-refractivity contribution in [3.8, 4) is 0 Å². The molecule has 0 bridgehead atoms. The van der Waals surface area contributed by atoms with E-state index in [0.29, 0.717) is 17.9 Å². The number of nitrogens with zero attached hydrogens (tertiary/aromatic N) is 4. The molecule has 10 nitrogen and oxygen atoms in total. The molecule has 30 heavy (non-hydrogen) atoms. The summed E-state index contributed by atoms with van der Waals surface area (Å²) in [5.41, 5.74) is 1.52. The van der Waals surface area contributed by atoms with Gasteiger partial charge in [-0.1, -0.05) is 12.1 Å². The van der Waals surface area contributed by atoms with E-state index in [1.54, 1.807) is 5.32 Å². The van der Waals surface area contributed by atoms with Crippen LogP contribution in [0.25, 0.3) is 11.2 Å². The summed E-state index contributed by atoms with van der Waals surface area (Å²) in [5.74, 6) is -0.742. The van der Waals surface area contributed by atoms with Gasteiger partial charge in [0.15, 0.2) is 29.3 Å². The van der Waals surface area contributed by atoms with Gasteiger partial charge in [-0.3, -0.25) is 9.36 Å². The Labute approximate surface area is 194 Å². The number of nitrogens with one attached hydrogen (secondary N) is 2. The Morgan fingerprint density at radius 3 is 3.00 bits per heavy atom. The highest BCUT2D eigenvalue weighted by Crippen LogP contribution is 2.33. The van der Waals surface area contributed by atoms with Gasteiger partial charge in [0.1, 0.15) is 12.2 Å². The first kappa shape index (κ1) is 17.6. The standard InChI is InChI=1S/C18H18ClIN6O4/c1-21-16(29)13-11(27)12(28)17(30-13)26-7-23-10-14(24-18(19)25-15(10)26)22-6-8-3-2-4-9(20)5-8/h2-5,7,11-13,17,27-28H,6H2,1H3,(H,21,29)(H,22,24,25)/t11-,12+,13-,17+/m0/s1/i1T3. The third kappa shape index (κ3) is 3.95. The Hall–Kier alpha value is -2.06. The molecule has 3 aromatic rings. The number of aromatic nitrogens is 4. The van der Waals surface area contributed by atoms with Crippen LogP contribution in [0.3, 0.4) is 0 Å². The van der Waals surface area contributed by atoms with Crippen LogP contribution in [-0.4, -0.2) is 60.9 Å². The van der Waals surface area contributed by atoms with Crippen molar-refractivity contribution in [3.05, 3.63) is 45.0 Å². The van der Waals surface area contributed by atoms with Crippen molar-refractivity contribution in [1.29, 1.82) is 0 Å². The minimum atomic E-state index is -2.77. The van der Waals surface area contributed by atoms with E-state index in [0.717, 1.165) is 9.13 Å². The van der Waals surface area contributed by atoms with E-state index in [-0.39, 0.29) is 10.9 Å². The summed E-state index contributed by atoms with van der Waals surface area (Å²) in [6.45, 7) is -2.34. The summed E-state index contributed by atoms with van der Waals surface area (Å²) in [7, 11) is 0. The van der Waals surface area contributed by atoms with Gasteiger partial charge in [0, 0.05) is 21.2 Å². The molecule has 2 aromatic heterocycles. The quantitative estimate of drug-likeness (QED) is 0.274. The minimum Gasteiger partial charge on any atom is -0.387 e. The van der Waals surface area contributed by atoms with Crippen molar-refractivity contribution in [2.75, 3.05) is 12.3 Å². The van der Waals surface area contributed by atoms with Gasteiger partial charge in [0.2, 0.25) is 5.28 Å². The number of aliphatic hydroxyl groups excluding tert-OH is 2. The highest BCUT2D eigenvalue weighted by atomic mass is 127. The van der Waals surface area contributed by atoms with Gasteiger partial charge >= 0.3 is 0 Å². The molecule has 4 atom stereocenters. The zero-order valence-electron chi connectivity index (χ0n) is 18.2. The van der Waals surface area contributed by atoms with Crippen molar-refractivity contribution in [3.63, 3.8) is 0 Å². The highest BCUT2D eigenvalue weighted by molar-refractivity contribution is 14.1. The number of hydrogen-bond donors (Lipinski definition) is 4. The topological polar surface area (TPSA) is 134 Å². The molecule has 0 saturated carbocycles. The summed E-state index contributed by atoms with van der Waals surface area (Å²) in [4.78, 5) is 24.8. The molecule has 0 spiro atoms. The number of halogens is 2. The molecule has 1 aliphatic rings. The number of fused-ring (bicyclic) bond motifs is 1. The number of hydrogen-bond acceptors (Lipinski definition) is 8. The molecule has 12 heteroatoms. The van der Waals surface area contributed by atoms with Gasteiger partial charge in [0.25, 0.3) is 5.91 Å². The van der Waals surface area contributed by atoms with Crippen molar-refractivity contribution >= 4 is 57.1 Å². The second kappa shape index (κ2) is 8.59. The summed E-state index contributed by atoms with van der Waals surface area (Å²) in [6.07, 6.45) is -4.82. The second-order valence-corrected chi connectivity index (χ2v) is 8.15. The van der Waals surface area contributed by atoms with Crippen LogP contribution in [0.5, 0.6) is 0 Å². The molecule has 158 valence electrons. The predicted molar refractivity (Wildman–Crippen MR) is 117 cm³/mol. The van der Waals surface area contributed by atoms with E-state index in [4.69, 9.17) is 20.5 Å². The number of likely N-dealkylation sites (N-methyl/N-ethyl adjacent to an activating group) is 1. The van der Waals surface area contributed by atoms with Crippen LogP contribution in [0.2, 0.25) is 5.28 Å².